The summed E-state index contributed by atoms with van der Waals surface area (Å²) in [7, 11) is 3.21. The minimum atomic E-state index is -0.0578. The zero-order chi connectivity index (χ0) is 18.2. The second-order valence-electron chi connectivity index (χ2n) is 5.77. The van der Waals surface area contributed by atoms with Gasteiger partial charge < -0.3 is 14.8 Å². The highest BCUT2D eigenvalue weighted by Gasteiger charge is 2.15. The van der Waals surface area contributed by atoms with Gasteiger partial charge in [0.25, 0.3) is 0 Å². The predicted octanol–water partition coefficient (Wildman–Crippen LogP) is 4.56. The van der Waals surface area contributed by atoms with Gasteiger partial charge in [0.2, 0.25) is 5.91 Å². The number of amides is 1. The van der Waals surface area contributed by atoms with Crippen LogP contribution in [0.25, 0.3) is 0 Å². The summed E-state index contributed by atoms with van der Waals surface area (Å²) in [6.07, 6.45) is 1.92. The maximum atomic E-state index is 12.3. The van der Waals surface area contributed by atoms with Gasteiger partial charge in [-0.25, -0.2) is 0 Å². The van der Waals surface area contributed by atoms with Gasteiger partial charge in [-0.15, -0.1) is 0 Å². The van der Waals surface area contributed by atoms with Crippen molar-refractivity contribution in [3.05, 3.63) is 58.6 Å². The fourth-order valence-corrected chi connectivity index (χ4v) is 2.79. The lowest BCUT2D eigenvalue weighted by atomic mass is 10.0. The second kappa shape index (κ2) is 9.33. The molecule has 0 aliphatic carbocycles. The monoisotopic (exact) mass is 361 g/mol. The van der Waals surface area contributed by atoms with Gasteiger partial charge >= 0.3 is 0 Å². The van der Waals surface area contributed by atoms with Crippen LogP contribution in [0.4, 0.5) is 0 Å². The van der Waals surface area contributed by atoms with E-state index in [9.17, 15) is 4.79 Å². The van der Waals surface area contributed by atoms with E-state index < -0.39 is 0 Å². The van der Waals surface area contributed by atoms with Crippen LogP contribution in [0.1, 0.15) is 36.9 Å². The van der Waals surface area contributed by atoms with Crippen molar-refractivity contribution in [3.8, 4) is 11.5 Å². The topological polar surface area (TPSA) is 47.6 Å². The lowest BCUT2D eigenvalue weighted by Gasteiger charge is -2.19. The Labute approximate surface area is 154 Å². The van der Waals surface area contributed by atoms with Crippen LogP contribution in [-0.2, 0) is 11.2 Å². The molecular weight excluding hydrogens is 338 g/mol. The quantitative estimate of drug-likeness (QED) is 0.749. The molecule has 0 aliphatic rings. The Morgan fingerprint density at radius 2 is 1.76 bits per heavy atom. The molecule has 1 amide bonds. The molecule has 0 unspecified atom stereocenters. The van der Waals surface area contributed by atoms with Crippen LogP contribution in [0.5, 0.6) is 11.5 Å². The van der Waals surface area contributed by atoms with E-state index in [0.717, 1.165) is 17.5 Å². The maximum absolute atomic E-state index is 12.3. The van der Waals surface area contributed by atoms with Crippen LogP contribution < -0.4 is 14.8 Å². The highest BCUT2D eigenvalue weighted by molar-refractivity contribution is 6.30. The number of ether oxygens (including phenoxy) is 2. The van der Waals surface area contributed by atoms with Crippen LogP contribution in [0.2, 0.25) is 5.02 Å². The number of rotatable bonds is 8. The van der Waals surface area contributed by atoms with Crippen molar-refractivity contribution in [2.24, 2.45) is 0 Å². The molecule has 0 radical (unpaired) electrons. The molecule has 1 atom stereocenters. The molecule has 5 heteroatoms. The fraction of sp³-hybridized carbons (Fsp3) is 0.350. The van der Waals surface area contributed by atoms with E-state index in [1.165, 1.54) is 0 Å². The normalized spacial score (nSPS) is 11.7. The van der Waals surface area contributed by atoms with E-state index in [2.05, 4.69) is 5.32 Å². The summed E-state index contributed by atoms with van der Waals surface area (Å²) in [4.78, 5) is 12.3. The van der Waals surface area contributed by atoms with Gasteiger partial charge in [0.05, 0.1) is 20.3 Å². The third-order valence-electron chi connectivity index (χ3n) is 4.11. The van der Waals surface area contributed by atoms with Gasteiger partial charge in [-0.05, 0) is 48.2 Å². The molecular formula is C20H24ClNO3. The van der Waals surface area contributed by atoms with Crippen molar-refractivity contribution in [2.75, 3.05) is 14.2 Å². The summed E-state index contributed by atoms with van der Waals surface area (Å²) in [5, 5.41) is 3.79. The van der Waals surface area contributed by atoms with Gasteiger partial charge in [-0.3, -0.25) is 4.79 Å². The molecule has 0 bridgehead atoms. The molecule has 0 aliphatic heterocycles. The first-order valence-electron chi connectivity index (χ1n) is 8.33. The minimum Gasteiger partial charge on any atom is -0.493 e. The van der Waals surface area contributed by atoms with Crippen LogP contribution in [0.3, 0.4) is 0 Å². The summed E-state index contributed by atoms with van der Waals surface area (Å²) in [6, 6.07) is 13.2. The summed E-state index contributed by atoms with van der Waals surface area (Å²) >= 11 is 5.88. The third kappa shape index (κ3) is 5.40. The van der Waals surface area contributed by atoms with Crippen LogP contribution in [-0.4, -0.2) is 20.1 Å². The fourth-order valence-electron chi connectivity index (χ4n) is 2.67. The highest BCUT2D eigenvalue weighted by atomic mass is 35.5. The zero-order valence-corrected chi connectivity index (χ0v) is 15.6. The van der Waals surface area contributed by atoms with E-state index in [1.54, 1.807) is 14.2 Å². The van der Waals surface area contributed by atoms with E-state index in [-0.39, 0.29) is 11.9 Å². The molecule has 0 heterocycles. The SMILES string of the molecule is CC[C@H](NC(=O)CCc1ccc(Cl)cc1)c1ccc(OC)c(OC)c1. The number of hydrogen-bond acceptors (Lipinski definition) is 3. The van der Waals surface area contributed by atoms with Crippen molar-refractivity contribution < 1.29 is 14.3 Å². The number of aryl methyl sites for hydroxylation is 1. The third-order valence-corrected chi connectivity index (χ3v) is 4.36. The summed E-state index contributed by atoms with van der Waals surface area (Å²) in [6.45, 7) is 2.04. The standard InChI is InChI=1S/C20H24ClNO3/c1-4-17(15-8-11-18(24-2)19(13-15)25-3)22-20(23)12-7-14-5-9-16(21)10-6-14/h5-6,8-11,13,17H,4,7,12H2,1-3H3,(H,22,23)/t17-/m0/s1. The molecule has 4 nitrogen and oxygen atoms in total. The molecule has 134 valence electrons. The van der Waals surface area contributed by atoms with Crippen molar-refractivity contribution in [1.82, 2.24) is 5.32 Å². The number of hydrogen-bond donors (Lipinski definition) is 1. The van der Waals surface area contributed by atoms with E-state index in [4.69, 9.17) is 21.1 Å². The predicted molar refractivity (Wildman–Crippen MR) is 100 cm³/mol. The summed E-state index contributed by atoms with van der Waals surface area (Å²) in [5.41, 5.74) is 2.10. The lowest BCUT2D eigenvalue weighted by Crippen LogP contribution is -2.28. The molecule has 2 aromatic carbocycles. The number of methoxy groups -OCH3 is 2. The number of benzene rings is 2. The van der Waals surface area contributed by atoms with E-state index in [0.29, 0.717) is 29.4 Å². The number of carbonyl (C=O) groups excluding carboxylic acids is 1. The van der Waals surface area contributed by atoms with Gasteiger partial charge in [0, 0.05) is 11.4 Å². The molecule has 0 saturated heterocycles. The Bertz CT molecular complexity index is 701. The first-order chi connectivity index (χ1) is 12.1. The summed E-state index contributed by atoms with van der Waals surface area (Å²) in [5.74, 6) is 1.36. The Hall–Kier alpha value is -2.20. The van der Waals surface area contributed by atoms with Crippen molar-refractivity contribution in [3.63, 3.8) is 0 Å². The Morgan fingerprint density at radius 1 is 1.08 bits per heavy atom. The molecule has 25 heavy (non-hydrogen) atoms. The Balaban J connectivity index is 1.98. The molecule has 2 aromatic rings. The van der Waals surface area contributed by atoms with Crippen LogP contribution in [0, 0.1) is 0 Å². The number of carbonyl (C=O) groups is 1. The largest absolute Gasteiger partial charge is 0.493 e. The minimum absolute atomic E-state index is 0.0246. The molecule has 1 N–H and O–H groups in total. The average molecular weight is 362 g/mol. The van der Waals surface area contributed by atoms with Crippen molar-refractivity contribution >= 4 is 17.5 Å². The van der Waals surface area contributed by atoms with Gasteiger partial charge in [0.15, 0.2) is 11.5 Å². The number of nitrogens with one attached hydrogen (secondary N) is 1. The molecule has 2 rings (SSSR count). The van der Waals surface area contributed by atoms with Gasteiger partial charge in [0.1, 0.15) is 0 Å². The first kappa shape index (κ1) is 19.1. The zero-order valence-electron chi connectivity index (χ0n) is 14.8. The molecule has 0 fully saturated rings. The maximum Gasteiger partial charge on any atom is 0.220 e. The van der Waals surface area contributed by atoms with Crippen LogP contribution >= 0.6 is 11.6 Å². The van der Waals surface area contributed by atoms with Gasteiger partial charge in [-0.2, -0.15) is 0 Å². The molecule has 0 aromatic heterocycles. The first-order valence-corrected chi connectivity index (χ1v) is 8.71. The van der Waals surface area contributed by atoms with E-state index in [1.807, 2.05) is 49.4 Å². The lowest BCUT2D eigenvalue weighted by molar-refractivity contribution is -0.121. The van der Waals surface area contributed by atoms with E-state index >= 15 is 0 Å². The average Bonchev–Trinajstić information content (AvgIpc) is 2.65. The second-order valence-corrected chi connectivity index (χ2v) is 6.21. The Morgan fingerprint density at radius 3 is 2.36 bits per heavy atom. The number of halogens is 1. The molecule has 0 spiro atoms. The van der Waals surface area contributed by atoms with Gasteiger partial charge in [-0.1, -0.05) is 36.7 Å². The van der Waals surface area contributed by atoms with Crippen molar-refractivity contribution in [1.29, 1.82) is 0 Å². The smallest absolute Gasteiger partial charge is 0.220 e. The Kier molecular flexibility index (Phi) is 7.14. The van der Waals surface area contributed by atoms with Crippen LogP contribution in [0.15, 0.2) is 42.5 Å². The molecule has 0 saturated carbocycles. The van der Waals surface area contributed by atoms with Crippen molar-refractivity contribution in [2.45, 2.75) is 32.2 Å². The highest BCUT2D eigenvalue weighted by Crippen LogP contribution is 2.30. The summed E-state index contributed by atoms with van der Waals surface area (Å²) < 4.78 is 10.6.